The molecule has 18 heavy (non-hydrogen) atoms. The molecule has 1 unspecified atom stereocenters. The third-order valence-electron chi connectivity index (χ3n) is 3.11. The fraction of sp³-hybridized carbons (Fsp3) is 0.533. The first-order chi connectivity index (χ1) is 8.59. The molecule has 1 aromatic rings. The van der Waals surface area contributed by atoms with Crippen LogP contribution in [0.4, 0.5) is 0 Å². The Hall–Kier alpha value is -1.35. The molecule has 0 fully saturated rings. The lowest BCUT2D eigenvalue weighted by atomic mass is 10.1. The van der Waals surface area contributed by atoms with Crippen molar-refractivity contribution in [1.82, 2.24) is 4.90 Å². The zero-order valence-corrected chi connectivity index (χ0v) is 11.3. The second-order valence-electron chi connectivity index (χ2n) is 4.94. The average Bonchev–Trinajstić information content (AvgIpc) is 2.35. The number of hydrogen-bond acceptors (Lipinski definition) is 2. The van der Waals surface area contributed by atoms with E-state index in [1.54, 1.807) is 6.92 Å². The molecular formula is C15H23NO2. The quantitative estimate of drug-likeness (QED) is 0.720. The minimum atomic E-state index is -0.717. The number of aliphatic carboxylic acids is 1. The van der Waals surface area contributed by atoms with Gasteiger partial charge in [-0.2, -0.15) is 0 Å². The Labute approximate surface area is 109 Å². The van der Waals surface area contributed by atoms with Crippen molar-refractivity contribution in [2.75, 3.05) is 20.1 Å². The summed E-state index contributed by atoms with van der Waals surface area (Å²) in [4.78, 5) is 12.8. The van der Waals surface area contributed by atoms with Gasteiger partial charge in [0, 0.05) is 6.54 Å². The molecule has 3 nitrogen and oxygen atoms in total. The molecule has 0 bridgehead atoms. The standard InChI is InChI=1S/C15H23NO2/c1-13(15(17)18)12-16(2)11-7-6-10-14-8-4-3-5-9-14/h3-5,8-9,13H,6-7,10-12H2,1-2H3,(H,17,18). The van der Waals surface area contributed by atoms with E-state index in [0.29, 0.717) is 6.54 Å². The van der Waals surface area contributed by atoms with Gasteiger partial charge < -0.3 is 10.0 Å². The Balaban J connectivity index is 2.12. The van der Waals surface area contributed by atoms with E-state index < -0.39 is 5.97 Å². The fourth-order valence-electron chi connectivity index (χ4n) is 1.99. The van der Waals surface area contributed by atoms with Gasteiger partial charge in [-0.3, -0.25) is 4.79 Å². The van der Waals surface area contributed by atoms with Crippen molar-refractivity contribution in [1.29, 1.82) is 0 Å². The largest absolute Gasteiger partial charge is 0.481 e. The summed E-state index contributed by atoms with van der Waals surface area (Å²) in [5.74, 6) is -1.00. The number of hydrogen-bond donors (Lipinski definition) is 1. The third kappa shape index (κ3) is 5.82. The Bertz CT molecular complexity index is 351. The maximum atomic E-state index is 10.7. The highest BCUT2D eigenvalue weighted by atomic mass is 16.4. The second kappa shape index (κ2) is 7.88. The van der Waals surface area contributed by atoms with Gasteiger partial charge in [-0.1, -0.05) is 37.3 Å². The zero-order valence-electron chi connectivity index (χ0n) is 11.3. The summed E-state index contributed by atoms with van der Waals surface area (Å²) in [5, 5.41) is 8.82. The van der Waals surface area contributed by atoms with E-state index in [0.717, 1.165) is 25.8 Å². The summed E-state index contributed by atoms with van der Waals surface area (Å²) in [6.07, 6.45) is 3.36. The molecule has 1 atom stereocenters. The van der Waals surface area contributed by atoms with E-state index in [-0.39, 0.29) is 5.92 Å². The van der Waals surface area contributed by atoms with Gasteiger partial charge in [-0.05, 0) is 38.4 Å². The van der Waals surface area contributed by atoms with Gasteiger partial charge >= 0.3 is 5.97 Å². The van der Waals surface area contributed by atoms with Crippen molar-refractivity contribution in [2.24, 2.45) is 5.92 Å². The first-order valence-corrected chi connectivity index (χ1v) is 6.55. The normalized spacial score (nSPS) is 12.6. The van der Waals surface area contributed by atoms with Crippen LogP contribution in [0, 0.1) is 5.92 Å². The fourth-order valence-corrected chi connectivity index (χ4v) is 1.99. The lowest BCUT2D eigenvalue weighted by Crippen LogP contribution is -2.29. The maximum Gasteiger partial charge on any atom is 0.307 e. The van der Waals surface area contributed by atoms with Crippen LogP contribution in [0.2, 0.25) is 0 Å². The molecule has 100 valence electrons. The molecule has 0 aliphatic rings. The Morgan fingerprint density at radius 3 is 2.56 bits per heavy atom. The number of unbranched alkanes of at least 4 members (excludes halogenated alkanes) is 1. The lowest BCUT2D eigenvalue weighted by molar-refractivity contribution is -0.141. The summed E-state index contributed by atoms with van der Waals surface area (Å²) in [7, 11) is 1.99. The average molecular weight is 249 g/mol. The first-order valence-electron chi connectivity index (χ1n) is 6.55. The van der Waals surface area contributed by atoms with Crippen LogP contribution >= 0.6 is 0 Å². The maximum absolute atomic E-state index is 10.7. The second-order valence-corrected chi connectivity index (χ2v) is 4.94. The molecule has 0 saturated heterocycles. The number of nitrogens with zero attached hydrogens (tertiary/aromatic N) is 1. The number of carboxylic acid groups (broad SMARTS) is 1. The summed E-state index contributed by atoms with van der Waals surface area (Å²) >= 11 is 0. The van der Waals surface area contributed by atoms with Crippen molar-refractivity contribution in [2.45, 2.75) is 26.2 Å². The number of aryl methyl sites for hydroxylation is 1. The van der Waals surface area contributed by atoms with E-state index in [1.807, 2.05) is 13.1 Å². The minimum Gasteiger partial charge on any atom is -0.481 e. The van der Waals surface area contributed by atoms with E-state index in [2.05, 4.69) is 29.2 Å². The molecule has 0 aliphatic carbocycles. The van der Waals surface area contributed by atoms with Crippen LogP contribution in [-0.2, 0) is 11.2 Å². The van der Waals surface area contributed by atoms with E-state index >= 15 is 0 Å². The molecule has 0 amide bonds. The Morgan fingerprint density at radius 1 is 1.28 bits per heavy atom. The lowest BCUT2D eigenvalue weighted by Gasteiger charge is -2.18. The monoisotopic (exact) mass is 249 g/mol. The zero-order chi connectivity index (χ0) is 13.4. The van der Waals surface area contributed by atoms with Gasteiger partial charge in [-0.25, -0.2) is 0 Å². The molecule has 1 rings (SSSR count). The van der Waals surface area contributed by atoms with Gasteiger partial charge in [0.25, 0.3) is 0 Å². The number of benzene rings is 1. The predicted octanol–water partition coefficient (Wildman–Crippen LogP) is 2.66. The molecule has 0 aromatic heterocycles. The Morgan fingerprint density at radius 2 is 1.94 bits per heavy atom. The molecule has 0 heterocycles. The predicted molar refractivity (Wildman–Crippen MR) is 73.7 cm³/mol. The SMILES string of the molecule is CC(CN(C)CCCCc1ccccc1)C(=O)O. The first kappa shape index (κ1) is 14.7. The van der Waals surface area contributed by atoms with Gasteiger partial charge in [0.2, 0.25) is 0 Å². The highest BCUT2D eigenvalue weighted by Gasteiger charge is 2.12. The molecule has 1 N–H and O–H groups in total. The van der Waals surface area contributed by atoms with Crippen molar-refractivity contribution in [3.63, 3.8) is 0 Å². The van der Waals surface area contributed by atoms with Crippen LogP contribution < -0.4 is 0 Å². The van der Waals surface area contributed by atoms with Crippen molar-refractivity contribution in [3.05, 3.63) is 35.9 Å². The highest BCUT2D eigenvalue weighted by molar-refractivity contribution is 5.69. The smallest absolute Gasteiger partial charge is 0.307 e. The van der Waals surface area contributed by atoms with Crippen LogP contribution in [0.1, 0.15) is 25.3 Å². The molecule has 0 saturated carbocycles. The summed E-state index contributed by atoms with van der Waals surface area (Å²) < 4.78 is 0. The summed E-state index contributed by atoms with van der Waals surface area (Å²) in [6, 6.07) is 10.5. The molecule has 1 aromatic carbocycles. The van der Waals surface area contributed by atoms with E-state index in [4.69, 9.17) is 5.11 Å². The van der Waals surface area contributed by atoms with Crippen molar-refractivity contribution >= 4 is 5.97 Å². The number of carboxylic acids is 1. The molecule has 3 heteroatoms. The van der Waals surface area contributed by atoms with E-state index in [9.17, 15) is 4.79 Å². The van der Waals surface area contributed by atoms with Gasteiger partial charge in [0.05, 0.1) is 5.92 Å². The Kier molecular flexibility index (Phi) is 6.44. The minimum absolute atomic E-state index is 0.288. The highest BCUT2D eigenvalue weighted by Crippen LogP contribution is 2.06. The number of rotatable bonds is 8. The van der Waals surface area contributed by atoms with Crippen molar-refractivity contribution in [3.8, 4) is 0 Å². The topological polar surface area (TPSA) is 40.5 Å². The van der Waals surface area contributed by atoms with Crippen molar-refractivity contribution < 1.29 is 9.90 Å². The third-order valence-corrected chi connectivity index (χ3v) is 3.11. The van der Waals surface area contributed by atoms with Gasteiger partial charge in [0.15, 0.2) is 0 Å². The van der Waals surface area contributed by atoms with Crippen LogP contribution in [-0.4, -0.2) is 36.1 Å². The van der Waals surface area contributed by atoms with Crippen LogP contribution in [0.15, 0.2) is 30.3 Å². The molecule has 0 spiro atoms. The van der Waals surface area contributed by atoms with Crippen LogP contribution in [0.25, 0.3) is 0 Å². The number of carbonyl (C=O) groups is 1. The summed E-state index contributed by atoms with van der Waals surface area (Å²) in [6.45, 7) is 3.34. The summed E-state index contributed by atoms with van der Waals surface area (Å²) in [5.41, 5.74) is 1.37. The van der Waals surface area contributed by atoms with Gasteiger partial charge in [-0.15, -0.1) is 0 Å². The molecule has 0 radical (unpaired) electrons. The van der Waals surface area contributed by atoms with Gasteiger partial charge in [0.1, 0.15) is 0 Å². The molecular weight excluding hydrogens is 226 g/mol. The molecule has 0 aliphatic heterocycles. The van der Waals surface area contributed by atoms with Crippen LogP contribution in [0.3, 0.4) is 0 Å². The van der Waals surface area contributed by atoms with Crippen LogP contribution in [0.5, 0.6) is 0 Å². The van der Waals surface area contributed by atoms with E-state index in [1.165, 1.54) is 5.56 Å².